The van der Waals surface area contributed by atoms with Crippen molar-refractivity contribution in [2.24, 2.45) is 4.99 Å². The van der Waals surface area contributed by atoms with Crippen molar-refractivity contribution in [3.63, 3.8) is 0 Å². The Hall–Kier alpha value is -2.35. The summed E-state index contributed by atoms with van der Waals surface area (Å²) in [6.07, 6.45) is 2.80. The number of aromatic nitrogens is 3. The predicted molar refractivity (Wildman–Crippen MR) is 92.5 cm³/mol. The Morgan fingerprint density at radius 3 is 2.83 bits per heavy atom. The summed E-state index contributed by atoms with van der Waals surface area (Å²) >= 11 is 1.09. The lowest BCUT2D eigenvalue weighted by Crippen LogP contribution is -2.18. The molecule has 1 heterocycles. The van der Waals surface area contributed by atoms with E-state index in [1.807, 2.05) is 37.5 Å². The van der Waals surface area contributed by atoms with E-state index in [2.05, 4.69) is 25.1 Å². The molecular formula is C15H19N5O2S. The number of aliphatic imine (C=N–C) groups is 1. The molecule has 8 heteroatoms. The van der Waals surface area contributed by atoms with E-state index in [1.54, 1.807) is 7.05 Å². The smallest absolute Gasteiger partial charge is 0.313 e. The lowest BCUT2D eigenvalue weighted by atomic mass is 10.2. The van der Waals surface area contributed by atoms with Crippen LogP contribution in [0.2, 0.25) is 0 Å². The number of carboxylic acid groups (broad SMARTS) is 1. The van der Waals surface area contributed by atoms with Crippen molar-refractivity contribution < 1.29 is 9.90 Å². The van der Waals surface area contributed by atoms with E-state index in [4.69, 9.17) is 5.11 Å². The minimum Gasteiger partial charge on any atom is -0.481 e. The maximum absolute atomic E-state index is 10.5. The second-order valence-corrected chi connectivity index (χ2v) is 5.79. The molecule has 2 aromatic rings. The van der Waals surface area contributed by atoms with Crippen LogP contribution < -0.4 is 4.90 Å². The van der Waals surface area contributed by atoms with Crippen LogP contribution in [0.1, 0.15) is 6.42 Å². The van der Waals surface area contributed by atoms with Gasteiger partial charge in [0.15, 0.2) is 5.82 Å². The van der Waals surface area contributed by atoms with Gasteiger partial charge in [-0.25, -0.2) is 4.98 Å². The number of thioether (sulfide) groups is 1. The van der Waals surface area contributed by atoms with Crippen LogP contribution in [-0.4, -0.2) is 58.9 Å². The zero-order valence-corrected chi connectivity index (χ0v) is 13.9. The van der Waals surface area contributed by atoms with E-state index in [9.17, 15) is 4.79 Å². The van der Waals surface area contributed by atoms with E-state index < -0.39 is 5.97 Å². The molecule has 0 atom stereocenters. The number of hydrogen-bond acceptors (Lipinski definition) is 6. The summed E-state index contributed by atoms with van der Waals surface area (Å²) in [5.41, 5.74) is 2.02. The van der Waals surface area contributed by atoms with Gasteiger partial charge in [-0.2, -0.15) is 0 Å². The SMILES string of the molecule is CN=CCCN(C)c1ccc(-c2nc(SCC(=O)O)n[nH]2)cc1. The maximum Gasteiger partial charge on any atom is 0.313 e. The first-order valence-electron chi connectivity index (χ1n) is 7.09. The molecule has 1 aromatic heterocycles. The molecule has 0 saturated carbocycles. The predicted octanol–water partition coefficient (Wildman–Crippen LogP) is 2.18. The molecule has 23 heavy (non-hydrogen) atoms. The Bertz CT molecular complexity index is 669. The highest BCUT2D eigenvalue weighted by atomic mass is 32.2. The van der Waals surface area contributed by atoms with Gasteiger partial charge in [0.2, 0.25) is 5.16 Å². The number of hydrogen-bond donors (Lipinski definition) is 2. The Balaban J connectivity index is 2.00. The molecule has 0 aliphatic rings. The van der Waals surface area contributed by atoms with Crippen LogP contribution in [0.25, 0.3) is 11.4 Å². The largest absolute Gasteiger partial charge is 0.481 e. The number of aliphatic carboxylic acids is 1. The lowest BCUT2D eigenvalue weighted by Gasteiger charge is -2.18. The second-order valence-electron chi connectivity index (χ2n) is 4.85. The van der Waals surface area contributed by atoms with Crippen molar-refractivity contribution in [2.45, 2.75) is 11.6 Å². The van der Waals surface area contributed by atoms with Gasteiger partial charge in [-0.1, -0.05) is 11.8 Å². The summed E-state index contributed by atoms with van der Waals surface area (Å²) in [4.78, 5) is 21.0. The molecule has 0 aliphatic heterocycles. The normalized spacial score (nSPS) is 11.0. The average molecular weight is 333 g/mol. The molecule has 0 spiro atoms. The lowest BCUT2D eigenvalue weighted by molar-refractivity contribution is -0.133. The summed E-state index contributed by atoms with van der Waals surface area (Å²) in [5, 5.41) is 15.9. The first kappa shape index (κ1) is 17.0. The van der Waals surface area contributed by atoms with Crippen LogP contribution in [0.3, 0.4) is 0 Å². The third-order valence-electron chi connectivity index (χ3n) is 3.15. The summed E-state index contributed by atoms with van der Waals surface area (Å²) in [6, 6.07) is 7.97. The van der Waals surface area contributed by atoms with Crippen LogP contribution in [0.15, 0.2) is 34.4 Å². The van der Waals surface area contributed by atoms with E-state index in [0.717, 1.165) is 36.0 Å². The van der Waals surface area contributed by atoms with Crippen molar-refractivity contribution >= 4 is 29.6 Å². The number of nitrogens with zero attached hydrogens (tertiary/aromatic N) is 4. The summed E-state index contributed by atoms with van der Waals surface area (Å²) in [6.45, 7) is 0.898. The fraction of sp³-hybridized carbons (Fsp3) is 0.333. The number of anilines is 1. The minimum atomic E-state index is -0.887. The Kier molecular flexibility index (Phi) is 6.16. The van der Waals surface area contributed by atoms with Crippen LogP contribution in [0.5, 0.6) is 0 Å². The zero-order chi connectivity index (χ0) is 16.7. The molecule has 2 N–H and O–H groups in total. The molecule has 2 rings (SSSR count). The Morgan fingerprint density at radius 1 is 1.43 bits per heavy atom. The van der Waals surface area contributed by atoms with Crippen molar-refractivity contribution in [2.75, 3.05) is 31.3 Å². The van der Waals surface area contributed by atoms with E-state index in [0.29, 0.717) is 11.0 Å². The topological polar surface area (TPSA) is 94.5 Å². The highest BCUT2D eigenvalue weighted by molar-refractivity contribution is 7.99. The molecule has 0 aliphatic carbocycles. The molecule has 1 aromatic carbocycles. The van der Waals surface area contributed by atoms with Crippen LogP contribution in [-0.2, 0) is 4.79 Å². The summed E-state index contributed by atoms with van der Waals surface area (Å²) in [5.74, 6) is -0.311. The Morgan fingerprint density at radius 2 is 2.17 bits per heavy atom. The van der Waals surface area contributed by atoms with Crippen LogP contribution in [0.4, 0.5) is 5.69 Å². The number of carboxylic acids is 1. The number of nitrogens with one attached hydrogen (secondary N) is 1. The van der Waals surface area contributed by atoms with Gasteiger partial charge in [0.05, 0.1) is 5.75 Å². The average Bonchev–Trinajstić information content (AvgIpc) is 3.02. The van der Waals surface area contributed by atoms with Gasteiger partial charge in [0.25, 0.3) is 0 Å². The number of H-pyrrole nitrogens is 1. The molecule has 0 bridgehead atoms. The van der Waals surface area contributed by atoms with Crippen LogP contribution >= 0.6 is 11.8 Å². The monoisotopic (exact) mass is 333 g/mol. The van der Waals surface area contributed by atoms with Crippen molar-refractivity contribution in [3.05, 3.63) is 24.3 Å². The zero-order valence-electron chi connectivity index (χ0n) is 13.1. The van der Waals surface area contributed by atoms with Gasteiger partial charge in [-0.05, 0) is 30.7 Å². The third kappa shape index (κ3) is 5.10. The molecule has 0 unspecified atom stereocenters. The molecule has 7 nitrogen and oxygen atoms in total. The number of aromatic amines is 1. The van der Waals surface area contributed by atoms with Gasteiger partial charge >= 0.3 is 5.97 Å². The highest BCUT2D eigenvalue weighted by Crippen LogP contribution is 2.22. The maximum atomic E-state index is 10.5. The van der Waals surface area contributed by atoms with Gasteiger partial charge in [0.1, 0.15) is 0 Å². The van der Waals surface area contributed by atoms with Gasteiger partial charge < -0.3 is 15.0 Å². The fourth-order valence-electron chi connectivity index (χ4n) is 1.95. The number of rotatable bonds is 8. The van der Waals surface area contributed by atoms with Crippen molar-refractivity contribution in [1.29, 1.82) is 0 Å². The van der Waals surface area contributed by atoms with E-state index >= 15 is 0 Å². The number of carbonyl (C=O) groups is 1. The van der Waals surface area contributed by atoms with E-state index in [1.165, 1.54) is 0 Å². The van der Waals surface area contributed by atoms with Gasteiger partial charge in [-0.3, -0.25) is 9.89 Å². The van der Waals surface area contributed by atoms with Crippen molar-refractivity contribution in [3.8, 4) is 11.4 Å². The van der Waals surface area contributed by atoms with Crippen LogP contribution in [0, 0.1) is 0 Å². The molecule has 122 valence electrons. The van der Waals surface area contributed by atoms with Gasteiger partial charge in [0, 0.05) is 38.1 Å². The molecule has 0 saturated heterocycles. The summed E-state index contributed by atoms with van der Waals surface area (Å²) in [7, 11) is 3.81. The molecule has 0 radical (unpaired) electrons. The first-order valence-corrected chi connectivity index (χ1v) is 8.08. The Labute approximate surface area is 138 Å². The quantitative estimate of drug-likeness (QED) is 0.568. The molecule has 0 amide bonds. The van der Waals surface area contributed by atoms with E-state index in [-0.39, 0.29) is 5.75 Å². The molecule has 0 fully saturated rings. The first-order chi connectivity index (χ1) is 11.1. The minimum absolute atomic E-state index is 0.0535. The number of benzene rings is 1. The standard InChI is InChI=1S/C15H19N5O2S/c1-16-8-3-9-20(2)12-6-4-11(5-7-12)14-17-15(19-18-14)23-10-13(21)22/h4-8H,3,9-10H2,1-2H3,(H,21,22)(H,17,18,19). The third-order valence-corrected chi connectivity index (χ3v) is 3.98. The summed E-state index contributed by atoms with van der Waals surface area (Å²) < 4.78 is 0. The second kappa shape index (κ2) is 8.33. The van der Waals surface area contributed by atoms with Gasteiger partial charge in [-0.15, -0.1) is 5.10 Å². The fourth-order valence-corrected chi connectivity index (χ4v) is 2.47. The van der Waals surface area contributed by atoms with Crippen molar-refractivity contribution in [1.82, 2.24) is 15.2 Å². The molecular weight excluding hydrogens is 314 g/mol. The highest BCUT2D eigenvalue weighted by Gasteiger charge is 2.08.